The van der Waals surface area contributed by atoms with Crippen molar-refractivity contribution in [3.8, 4) is 0 Å². The zero-order chi connectivity index (χ0) is 10.0. The van der Waals surface area contributed by atoms with Crippen molar-refractivity contribution in [2.24, 2.45) is 0 Å². The predicted octanol–water partition coefficient (Wildman–Crippen LogP) is -1.69. The minimum Gasteiger partial charge on any atom is -0.317 e. The molecule has 0 aromatic heterocycles. The minimum atomic E-state index is -2.11. The van der Waals surface area contributed by atoms with Crippen LogP contribution in [0.2, 0.25) is 0 Å². The summed E-state index contributed by atoms with van der Waals surface area (Å²) in [4.78, 5) is 0.401. The fourth-order valence-corrected chi connectivity index (χ4v) is 2.63. The van der Waals surface area contributed by atoms with E-state index in [-0.39, 0.29) is 5.54 Å². The predicted molar refractivity (Wildman–Crippen MR) is 54.8 cm³/mol. The Labute approximate surface area is 84.8 Å². The van der Waals surface area contributed by atoms with Gasteiger partial charge in [-0.3, -0.25) is 5.32 Å². The molecule has 2 saturated heterocycles. The van der Waals surface area contributed by atoms with E-state index in [2.05, 4.69) is 16.0 Å². The van der Waals surface area contributed by atoms with E-state index in [0.717, 1.165) is 32.5 Å². The molecule has 0 aromatic carbocycles. The molecule has 2 rings (SSSR count). The summed E-state index contributed by atoms with van der Waals surface area (Å²) in [5.41, 5.74) is -0.0428. The van der Waals surface area contributed by atoms with Gasteiger partial charge in [0.2, 0.25) is 10.3 Å². The van der Waals surface area contributed by atoms with E-state index in [4.69, 9.17) is 0 Å². The molecule has 0 bridgehead atoms. The van der Waals surface area contributed by atoms with Gasteiger partial charge in [-0.2, -0.15) is 8.42 Å². The highest BCUT2D eigenvalue weighted by molar-refractivity contribution is 7.72. The fraction of sp³-hybridized carbons (Fsp3) is 0.875. The van der Waals surface area contributed by atoms with E-state index in [1.54, 1.807) is 0 Å². The van der Waals surface area contributed by atoms with Gasteiger partial charge in [-0.15, -0.1) is 0 Å². The Balaban J connectivity index is 2.17. The van der Waals surface area contributed by atoms with Gasteiger partial charge in [0.1, 0.15) is 4.99 Å². The van der Waals surface area contributed by atoms with E-state index in [9.17, 15) is 8.42 Å². The molecule has 0 aliphatic carbocycles. The van der Waals surface area contributed by atoms with Crippen LogP contribution in [0.15, 0.2) is 0 Å². The third-order valence-electron chi connectivity index (χ3n) is 2.92. The molecule has 0 amide bonds. The van der Waals surface area contributed by atoms with Crippen LogP contribution >= 0.6 is 0 Å². The lowest BCUT2D eigenvalue weighted by Gasteiger charge is -2.41. The van der Waals surface area contributed by atoms with Crippen LogP contribution in [0.4, 0.5) is 0 Å². The topological polar surface area (TPSA) is 70.2 Å². The highest BCUT2D eigenvalue weighted by Gasteiger charge is 2.35. The Morgan fingerprint density at radius 1 is 1.14 bits per heavy atom. The Morgan fingerprint density at radius 3 is 2.50 bits per heavy atom. The van der Waals surface area contributed by atoms with E-state index < -0.39 is 10.3 Å². The molecule has 2 aliphatic heterocycles. The number of nitrogens with one attached hydrogen (secondary N) is 3. The molecule has 80 valence electrons. The van der Waals surface area contributed by atoms with Crippen molar-refractivity contribution < 1.29 is 8.42 Å². The zero-order valence-corrected chi connectivity index (χ0v) is 8.78. The van der Waals surface area contributed by atoms with Crippen LogP contribution in [0.25, 0.3) is 0 Å². The van der Waals surface area contributed by atoms with Crippen molar-refractivity contribution in [1.82, 2.24) is 16.0 Å². The lowest BCUT2D eigenvalue weighted by molar-refractivity contribution is 0.258. The van der Waals surface area contributed by atoms with Gasteiger partial charge in [-0.05, 0) is 25.9 Å². The lowest BCUT2D eigenvalue weighted by Crippen LogP contribution is -2.65. The summed E-state index contributed by atoms with van der Waals surface area (Å²) >= 11 is 0. The molecule has 2 heterocycles. The molecule has 0 unspecified atom stereocenters. The highest BCUT2D eigenvalue weighted by atomic mass is 32.2. The van der Waals surface area contributed by atoms with Gasteiger partial charge in [0.05, 0.1) is 0 Å². The second-order valence-electron chi connectivity index (χ2n) is 3.92. The summed E-state index contributed by atoms with van der Waals surface area (Å²) in [7, 11) is -2.11. The first kappa shape index (κ1) is 10.1. The van der Waals surface area contributed by atoms with Crippen LogP contribution in [0.3, 0.4) is 0 Å². The van der Waals surface area contributed by atoms with Gasteiger partial charge < -0.3 is 10.6 Å². The Hall–Kier alpha value is -0.430. The van der Waals surface area contributed by atoms with Gasteiger partial charge in [-0.1, -0.05) is 0 Å². The van der Waals surface area contributed by atoms with Crippen molar-refractivity contribution in [3.05, 3.63) is 0 Å². The smallest absolute Gasteiger partial charge is 0.229 e. The quantitative estimate of drug-likeness (QED) is 0.422. The third-order valence-corrected chi connectivity index (χ3v) is 3.56. The molecule has 3 N–H and O–H groups in total. The molecule has 5 nitrogen and oxygen atoms in total. The third kappa shape index (κ3) is 1.98. The van der Waals surface area contributed by atoms with Crippen LogP contribution in [-0.2, 0) is 10.3 Å². The number of hydrogen-bond acceptors (Lipinski definition) is 4. The van der Waals surface area contributed by atoms with Crippen molar-refractivity contribution in [1.29, 1.82) is 0 Å². The van der Waals surface area contributed by atoms with Crippen molar-refractivity contribution in [2.45, 2.75) is 18.4 Å². The zero-order valence-electron chi connectivity index (χ0n) is 7.97. The maximum atomic E-state index is 10.8. The van der Waals surface area contributed by atoms with Crippen LogP contribution in [0.5, 0.6) is 0 Å². The highest BCUT2D eigenvalue weighted by Crippen LogP contribution is 2.18. The number of piperazine rings is 1. The van der Waals surface area contributed by atoms with Crippen LogP contribution < -0.4 is 16.0 Å². The number of piperidine rings is 1. The molecule has 0 atom stereocenters. The van der Waals surface area contributed by atoms with Crippen LogP contribution in [0.1, 0.15) is 12.8 Å². The standard InChI is InChI=1S/C8H15N3O2S/c12-14(13)7-5-10-6-8(11-7)1-3-9-4-2-8/h9-11H,1-6H2. The second-order valence-corrected chi connectivity index (χ2v) is 4.88. The normalized spacial score (nSPS) is 26.4. The Bertz CT molecular complexity index is 330. The van der Waals surface area contributed by atoms with Gasteiger partial charge in [-0.25, -0.2) is 0 Å². The number of rotatable bonds is 0. The molecule has 0 radical (unpaired) electrons. The summed E-state index contributed by atoms with van der Waals surface area (Å²) in [6, 6.07) is 0. The monoisotopic (exact) mass is 217 g/mol. The summed E-state index contributed by atoms with van der Waals surface area (Å²) in [6.07, 6.45) is 1.95. The molecular formula is C8H15N3O2S. The summed E-state index contributed by atoms with van der Waals surface area (Å²) in [5.74, 6) is 0. The minimum absolute atomic E-state index is 0.0428. The maximum Gasteiger partial charge on any atom is 0.229 e. The number of hydrogen-bond donors (Lipinski definition) is 3. The second kappa shape index (κ2) is 3.98. The Kier molecular flexibility index (Phi) is 2.87. The van der Waals surface area contributed by atoms with Crippen LogP contribution in [0, 0.1) is 0 Å². The van der Waals surface area contributed by atoms with Gasteiger partial charge in [0, 0.05) is 18.6 Å². The van der Waals surface area contributed by atoms with Crippen molar-refractivity contribution >= 4 is 15.3 Å². The summed E-state index contributed by atoms with van der Waals surface area (Å²) in [5, 5.41) is 9.60. The summed E-state index contributed by atoms with van der Waals surface area (Å²) in [6.45, 7) is 3.20. The van der Waals surface area contributed by atoms with Gasteiger partial charge in [0.25, 0.3) is 0 Å². The van der Waals surface area contributed by atoms with Crippen LogP contribution in [-0.4, -0.2) is 45.1 Å². The molecule has 14 heavy (non-hydrogen) atoms. The molecule has 0 saturated carbocycles. The Morgan fingerprint density at radius 2 is 1.86 bits per heavy atom. The van der Waals surface area contributed by atoms with Crippen molar-refractivity contribution in [3.63, 3.8) is 0 Å². The van der Waals surface area contributed by atoms with E-state index in [0.29, 0.717) is 11.5 Å². The van der Waals surface area contributed by atoms with Gasteiger partial charge >= 0.3 is 0 Å². The van der Waals surface area contributed by atoms with Gasteiger partial charge in [0.15, 0.2) is 0 Å². The van der Waals surface area contributed by atoms with E-state index in [1.165, 1.54) is 0 Å². The lowest BCUT2D eigenvalue weighted by atomic mass is 9.87. The SMILES string of the molecule is O=S(=O)=C1CNCC2(CCNCC2)N1. The molecule has 6 heteroatoms. The first-order chi connectivity index (χ1) is 6.72. The molecule has 2 fully saturated rings. The van der Waals surface area contributed by atoms with E-state index in [1.807, 2.05) is 0 Å². The maximum absolute atomic E-state index is 10.8. The largest absolute Gasteiger partial charge is 0.317 e. The average Bonchev–Trinajstić information content (AvgIpc) is 2.19. The van der Waals surface area contributed by atoms with E-state index >= 15 is 0 Å². The van der Waals surface area contributed by atoms with Crippen molar-refractivity contribution in [2.75, 3.05) is 26.2 Å². The molecule has 2 aliphatic rings. The molecule has 1 spiro atoms. The first-order valence-electron chi connectivity index (χ1n) is 4.87. The molecular weight excluding hydrogens is 202 g/mol. The molecule has 0 aromatic rings. The fourth-order valence-electron chi connectivity index (χ4n) is 2.11. The average molecular weight is 217 g/mol. The summed E-state index contributed by atoms with van der Waals surface area (Å²) < 4.78 is 21.7. The first-order valence-corrected chi connectivity index (χ1v) is 5.94.